The van der Waals surface area contributed by atoms with E-state index in [-0.39, 0.29) is 5.91 Å². The highest BCUT2D eigenvalue weighted by Gasteiger charge is 2.16. The maximum atomic E-state index is 12.8. The fraction of sp³-hybridized carbons (Fsp3) is 0.286. The lowest BCUT2D eigenvalue weighted by atomic mass is 10.2. The molecular weight excluding hydrogens is 372 g/mol. The molecule has 0 N–H and O–H groups in total. The van der Waals surface area contributed by atoms with E-state index in [4.69, 9.17) is 4.74 Å². The zero-order chi connectivity index (χ0) is 19.8. The summed E-state index contributed by atoms with van der Waals surface area (Å²) in [5.41, 5.74) is 2.06. The Bertz CT molecular complexity index is 881. The number of carbonyl (C=O) groups is 1. The van der Waals surface area contributed by atoms with E-state index in [1.165, 1.54) is 11.8 Å². The van der Waals surface area contributed by atoms with Crippen LogP contribution in [0.1, 0.15) is 18.9 Å². The summed E-state index contributed by atoms with van der Waals surface area (Å²) < 4.78 is 7.07. The van der Waals surface area contributed by atoms with Crippen molar-refractivity contribution in [1.82, 2.24) is 19.7 Å². The Balaban J connectivity index is 1.65. The SMILES string of the molecule is CCCN(Cc1ccccc1)C(=O)CSc1nncn1-c1ccc(OC)cc1. The second-order valence-corrected chi connectivity index (χ2v) is 7.21. The van der Waals surface area contributed by atoms with Crippen LogP contribution in [0.15, 0.2) is 66.1 Å². The zero-order valence-corrected chi connectivity index (χ0v) is 16.9. The number of rotatable bonds is 9. The molecule has 3 aromatic rings. The van der Waals surface area contributed by atoms with Crippen molar-refractivity contribution in [3.63, 3.8) is 0 Å². The van der Waals surface area contributed by atoms with Crippen molar-refractivity contribution in [3.05, 3.63) is 66.5 Å². The molecule has 0 spiro atoms. The van der Waals surface area contributed by atoms with Crippen LogP contribution >= 0.6 is 11.8 Å². The third-order valence-electron chi connectivity index (χ3n) is 4.25. The molecule has 0 aliphatic heterocycles. The third kappa shape index (κ3) is 5.13. The molecule has 1 heterocycles. The Morgan fingerprint density at radius 1 is 1.14 bits per heavy atom. The average molecular weight is 397 g/mol. The molecule has 0 aliphatic carbocycles. The first kappa shape index (κ1) is 19.9. The molecule has 0 atom stereocenters. The van der Waals surface area contributed by atoms with Crippen molar-refractivity contribution in [2.24, 2.45) is 0 Å². The van der Waals surface area contributed by atoms with E-state index in [2.05, 4.69) is 17.1 Å². The number of nitrogens with zero attached hydrogens (tertiary/aromatic N) is 4. The van der Waals surface area contributed by atoms with Gasteiger partial charge in [0.1, 0.15) is 12.1 Å². The number of aromatic nitrogens is 3. The van der Waals surface area contributed by atoms with Gasteiger partial charge >= 0.3 is 0 Å². The van der Waals surface area contributed by atoms with E-state index in [1.807, 2.05) is 64.1 Å². The van der Waals surface area contributed by atoms with E-state index in [9.17, 15) is 4.79 Å². The predicted molar refractivity (Wildman–Crippen MR) is 111 cm³/mol. The maximum absolute atomic E-state index is 12.8. The summed E-state index contributed by atoms with van der Waals surface area (Å²) >= 11 is 1.40. The minimum Gasteiger partial charge on any atom is -0.497 e. The summed E-state index contributed by atoms with van der Waals surface area (Å²) in [5.74, 6) is 1.21. The fourth-order valence-electron chi connectivity index (χ4n) is 2.83. The molecule has 1 aromatic heterocycles. The normalized spacial score (nSPS) is 10.6. The topological polar surface area (TPSA) is 60.2 Å². The quantitative estimate of drug-likeness (QED) is 0.515. The molecule has 7 heteroatoms. The van der Waals surface area contributed by atoms with Gasteiger partial charge in [0.15, 0.2) is 5.16 Å². The molecule has 3 rings (SSSR count). The Hall–Kier alpha value is -2.80. The fourth-order valence-corrected chi connectivity index (χ4v) is 3.66. The highest BCUT2D eigenvalue weighted by molar-refractivity contribution is 7.99. The van der Waals surface area contributed by atoms with Gasteiger partial charge in [0.05, 0.1) is 12.9 Å². The lowest BCUT2D eigenvalue weighted by Gasteiger charge is -2.22. The molecule has 28 heavy (non-hydrogen) atoms. The molecule has 1 amide bonds. The van der Waals surface area contributed by atoms with Gasteiger partial charge in [-0.3, -0.25) is 9.36 Å². The molecule has 6 nitrogen and oxygen atoms in total. The van der Waals surface area contributed by atoms with Crippen LogP contribution in [-0.4, -0.2) is 45.0 Å². The van der Waals surface area contributed by atoms with E-state index in [1.54, 1.807) is 13.4 Å². The molecule has 0 unspecified atom stereocenters. The van der Waals surface area contributed by atoms with E-state index < -0.39 is 0 Å². The monoisotopic (exact) mass is 396 g/mol. The molecule has 0 aliphatic rings. The van der Waals surface area contributed by atoms with Crippen LogP contribution in [0.3, 0.4) is 0 Å². The molecule has 146 valence electrons. The number of methoxy groups -OCH3 is 1. The molecular formula is C21H24N4O2S. The summed E-state index contributed by atoms with van der Waals surface area (Å²) in [5, 5.41) is 8.86. The standard InChI is InChI=1S/C21H24N4O2S/c1-3-13-24(14-17-7-5-4-6-8-17)20(26)15-28-21-23-22-16-25(21)18-9-11-19(27-2)12-10-18/h4-12,16H,3,13-15H2,1-2H3. The largest absolute Gasteiger partial charge is 0.497 e. The first-order valence-electron chi connectivity index (χ1n) is 9.20. The minimum atomic E-state index is 0.0972. The van der Waals surface area contributed by atoms with Crippen LogP contribution in [0, 0.1) is 0 Å². The van der Waals surface area contributed by atoms with Gasteiger partial charge in [0.2, 0.25) is 5.91 Å². The highest BCUT2D eigenvalue weighted by atomic mass is 32.2. The van der Waals surface area contributed by atoms with Crippen LogP contribution in [-0.2, 0) is 11.3 Å². The lowest BCUT2D eigenvalue weighted by molar-refractivity contribution is -0.129. The average Bonchev–Trinajstić information content (AvgIpc) is 3.21. The number of thioether (sulfide) groups is 1. The molecule has 2 aromatic carbocycles. The minimum absolute atomic E-state index is 0.0972. The Morgan fingerprint density at radius 3 is 2.57 bits per heavy atom. The number of hydrogen-bond donors (Lipinski definition) is 0. The van der Waals surface area contributed by atoms with Crippen molar-refractivity contribution >= 4 is 17.7 Å². The Kier molecular flexibility index (Phi) is 7.08. The van der Waals surface area contributed by atoms with E-state index in [0.717, 1.165) is 30.0 Å². The van der Waals surface area contributed by atoms with Crippen LogP contribution in [0.4, 0.5) is 0 Å². The summed E-state index contributed by atoms with van der Waals surface area (Å²) in [4.78, 5) is 14.7. The molecule has 0 radical (unpaired) electrons. The smallest absolute Gasteiger partial charge is 0.233 e. The Labute approximate surface area is 169 Å². The van der Waals surface area contributed by atoms with Gasteiger partial charge in [-0.15, -0.1) is 10.2 Å². The van der Waals surface area contributed by atoms with Crippen LogP contribution in [0.5, 0.6) is 5.75 Å². The van der Waals surface area contributed by atoms with Gasteiger partial charge in [-0.2, -0.15) is 0 Å². The van der Waals surface area contributed by atoms with Gasteiger partial charge in [0, 0.05) is 18.8 Å². The number of benzene rings is 2. The summed E-state index contributed by atoms with van der Waals surface area (Å²) in [6.07, 6.45) is 2.58. The Morgan fingerprint density at radius 2 is 1.89 bits per heavy atom. The van der Waals surface area contributed by atoms with Gasteiger partial charge in [-0.05, 0) is 36.2 Å². The summed E-state index contributed by atoms with van der Waals surface area (Å²) in [6.45, 7) is 3.44. The lowest BCUT2D eigenvalue weighted by Crippen LogP contribution is -2.32. The van der Waals surface area contributed by atoms with Crippen molar-refractivity contribution in [2.45, 2.75) is 25.0 Å². The highest BCUT2D eigenvalue weighted by Crippen LogP contribution is 2.22. The first-order chi connectivity index (χ1) is 13.7. The second kappa shape index (κ2) is 9.94. The molecule has 0 saturated carbocycles. The van der Waals surface area contributed by atoms with Crippen molar-refractivity contribution in [2.75, 3.05) is 19.4 Å². The zero-order valence-electron chi connectivity index (χ0n) is 16.1. The third-order valence-corrected chi connectivity index (χ3v) is 5.18. The van der Waals surface area contributed by atoms with Gasteiger partial charge < -0.3 is 9.64 Å². The van der Waals surface area contributed by atoms with Crippen LogP contribution in [0.25, 0.3) is 5.69 Å². The maximum Gasteiger partial charge on any atom is 0.233 e. The number of carbonyl (C=O) groups excluding carboxylic acids is 1. The summed E-state index contributed by atoms with van der Waals surface area (Å²) in [6, 6.07) is 17.7. The van der Waals surface area contributed by atoms with Crippen LogP contribution < -0.4 is 4.74 Å². The van der Waals surface area contributed by atoms with Crippen molar-refractivity contribution < 1.29 is 9.53 Å². The van der Waals surface area contributed by atoms with Gasteiger partial charge in [-0.1, -0.05) is 49.0 Å². The first-order valence-corrected chi connectivity index (χ1v) is 10.2. The van der Waals surface area contributed by atoms with E-state index in [0.29, 0.717) is 17.5 Å². The summed E-state index contributed by atoms with van der Waals surface area (Å²) in [7, 11) is 1.64. The number of hydrogen-bond acceptors (Lipinski definition) is 5. The molecule has 0 saturated heterocycles. The molecule has 0 fully saturated rings. The van der Waals surface area contributed by atoms with Gasteiger partial charge in [0.25, 0.3) is 0 Å². The van der Waals surface area contributed by atoms with E-state index >= 15 is 0 Å². The predicted octanol–water partition coefficient (Wildman–Crippen LogP) is 3.81. The van der Waals surface area contributed by atoms with Crippen LogP contribution in [0.2, 0.25) is 0 Å². The van der Waals surface area contributed by atoms with Crippen molar-refractivity contribution in [3.8, 4) is 11.4 Å². The van der Waals surface area contributed by atoms with Gasteiger partial charge in [-0.25, -0.2) is 0 Å². The van der Waals surface area contributed by atoms with Crippen molar-refractivity contribution in [1.29, 1.82) is 0 Å². The molecule has 0 bridgehead atoms. The number of amides is 1. The number of ether oxygens (including phenoxy) is 1. The second-order valence-electron chi connectivity index (χ2n) is 6.27.